The molecule has 0 saturated carbocycles. The number of carbonyl (C=O) groups is 3. The van der Waals surface area contributed by atoms with Gasteiger partial charge in [0, 0.05) is 28.0 Å². The Labute approximate surface area is 185 Å². The molecule has 1 aliphatic rings. The second kappa shape index (κ2) is 8.94. The fourth-order valence-electron chi connectivity index (χ4n) is 3.67. The van der Waals surface area contributed by atoms with Gasteiger partial charge in [0.1, 0.15) is 0 Å². The molecule has 6 heteroatoms. The van der Waals surface area contributed by atoms with Crippen LogP contribution in [0.25, 0.3) is 21.9 Å². The van der Waals surface area contributed by atoms with Crippen molar-refractivity contribution in [1.82, 2.24) is 5.32 Å². The van der Waals surface area contributed by atoms with Gasteiger partial charge in [-0.25, -0.2) is 0 Å². The molecule has 0 atom stereocenters. The summed E-state index contributed by atoms with van der Waals surface area (Å²) in [5.74, 6) is -0.317. The molecule has 5 nitrogen and oxygen atoms in total. The second-order valence-electron chi connectivity index (χ2n) is 7.86. The highest BCUT2D eigenvalue weighted by atomic mass is 32.2. The van der Waals surface area contributed by atoms with Crippen molar-refractivity contribution in [2.45, 2.75) is 18.7 Å². The van der Waals surface area contributed by atoms with Crippen LogP contribution in [0.15, 0.2) is 59.5 Å². The monoisotopic (exact) mass is 433 g/mol. The van der Waals surface area contributed by atoms with E-state index in [1.807, 2.05) is 68.4 Å². The van der Waals surface area contributed by atoms with E-state index in [4.69, 9.17) is 4.74 Å². The summed E-state index contributed by atoms with van der Waals surface area (Å²) in [4.78, 5) is 37.7. The van der Waals surface area contributed by atoms with Gasteiger partial charge in [-0.15, -0.1) is 11.8 Å². The Hall–Kier alpha value is -3.12. The van der Waals surface area contributed by atoms with Crippen LogP contribution in [0.3, 0.4) is 0 Å². The Kier molecular flexibility index (Phi) is 6.09. The maximum atomic E-state index is 13.0. The van der Waals surface area contributed by atoms with E-state index >= 15 is 0 Å². The van der Waals surface area contributed by atoms with Gasteiger partial charge in [0.15, 0.2) is 12.4 Å². The highest BCUT2D eigenvalue weighted by Gasteiger charge is 2.25. The van der Waals surface area contributed by atoms with Crippen LogP contribution in [0.5, 0.6) is 0 Å². The first-order valence-electron chi connectivity index (χ1n) is 10.2. The maximum absolute atomic E-state index is 13.0. The first kappa shape index (κ1) is 21.1. The molecule has 0 heterocycles. The maximum Gasteiger partial charge on any atom is 0.316 e. The SMILES string of the molecule is CC(C)CNC(=O)COC(=O)CSc1ccc2c3c(cccc13)C(=O)c1ccccc1-2. The minimum absolute atomic E-state index is 0.0164. The lowest BCUT2D eigenvalue weighted by molar-refractivity contribution is -0.145. The number of hydrogen-bond donors (Lipinski definition) is 1. The predicted octanol–water partition coefficient (Wildman–Crippen LogP) is 4.46. The Morgan fingerprint density at radius 1 is 0.935 bits per heavy atom. The van der Waals surface area contributed by atoms with Crippen molar-refractivity contribution < 1.29 is 19.1 Å². The van der Waals surface area contributed by atoms with Crippen LogP contribution in [0.1, 0.15) is 29.8 Å². The van der Waals surface area contributed by atoms with E-state index in [-0.39, 0.29) is 24.1 Å². The highest BCUT2D eigenvalue weighted by Crippen LogP contribution is 2.42. The van der Waals surface area contributed by atoms with Crippen LogP contribution in [0, 0.1) is 5.92 Å². The zero-order valence-corrected chi connectivity index (χ0v) is 18.3. The molecule has 4 rings (SSSR count). The smallest absolute Gasteiger partial charge is 0.316 e. The van der Waals surface area contributed by atoms with Crippen LogP contribution >= 0.6 is 11.8 Å². The predicted molar refractivity (Wildman–Crippen MR) is 122 cm³/mol. The van der Waals surface area contributed by atoms with Crippen molar-refractivity contribution in [1.29, 1.82) is 0 Å². The molecule has 0 aromatic heterocycles. The third kappa shape index (κ3) is 4.35. The van der Waals surface area contributed by atoms with Crippen LogP contribution in [0.2, 0.25) is 0 Å². The second-order valence-corrected chi connectivity index (χ2v) is 8.88. The van der Waals surface area contributed by atoms with Gasteiger partial charge in [-0.05, 0) is 28.5 Å². The van der Waals surface area contributed by atoms with Crippen LogP contribution in [0.4, 0.5) is 0 Å². The molecule has 1 aliphatic carbocycles. The first-order valence-corrected chi connectivity index (χ1v) is 11.2. The minimum atomic E-state index is -0.452. The molecule has 0 unspecified atom stereocenters. The number of amides is 1. The summed E-state index contributed by atoms with van der Waals surface area (Å²) >= 11 is 1.34. The number of ether oxygens (including phenoxy) is 1. The number of ketones is 1. The molecule has 0 aliphatic heterocycles. The van der Waals surface area contributed by atoms with Crippen LogP contribution in [-0.4, -0.2) is 36.6 Å². The lowest BCUT2D eigenvalue weighted by atomic mass is 9.83. The average molecular weight is 434 g/mol. The van der Waals surface area contributed by atoms with E-state index in [0.29, 0.717) is 23.6 Å². The summed E-state index contributed by atoms with van der Waals surface area (Å²) in [5.41, 5.74) is 3.34. The molecule has 0 bridgehead atoms. The Balaban J connectivity index is 1.51. The minimum Gasteiger partial charge on any atom is -0.455 e. The Morgan fingerprint density at radius 2 is 1.68 bits per heavy atom. The van der Waals surface area contributed by atoms with E-state index in [1.54, 1.807) is 0 Å². The third-order valence-electron chi connectivity index (χ3n) is 5.12. The van der Waals surface area contributed by atoms with Gasteiger partial charge in [0.25, 0.3) is 5.91 Å². The summed E-state index contributed by atoms with van der Waals surface area (Å²) in [6.07, 6.45) is 0. The molecule has 1 amide bonds. The normalized spacial score (nSPS) is 12.0. The van der Waals surface area contributed by atoms with Crippen molar-refractivity contribution in [2.75, 3.05) is 18.9 Å². The van der Waals surface area contributed by atoms with Gasteiger partial charge in [-0.3, -0.25) is 14.4 Å². The molecule has 0 spiro atoms. The van der Waals surface area contributed by atoms with Crippen molar-refractivity contribution in [3.05, 3.63) is 65.7 Å². The standard InChI is InChI=1S/C25H23NO4S/c1-15(2)12-26-22(27)13-30-23(28)14-31-21-11-10-17-16-6-3-4-7-18(16)25(29)20-9-5-8-19(21)24(17)20/h3-11,15H,12-14H2,1-2H3,(H,26,27). The summed E-state index contributed by atoms with van der Waals surface area (Å²) in [7, 11) is 0. The fraction of sp³-hybridized carbons (Fsp3) is 0.240. The van der Waals surface area contributed by atoms with Gasteiger partial charge in [-0.1, -0.05) is 62.4 Å². The summed E-state index contributed by atoms with van der Waals surface area (Å²) < 4.78 is 5.09. The van der Waals surface area contributed by atoms with Gasteiger partial charge in [-0.2, -0.15) is 0 Å². The van der Waals surface area contributed by atoms with Crippen molar-refractivity contribution in [3.63, 3.8) is 0 Å². The molecule has 3 aromatic rings. The largest absolute Gasteiger partial charge is 0.455 e. The number of rotatable bonds is 7. The average Bonchev–Trinajstić information content (AvgIpc) is 2.78. The van der Waals surface area contributed by atoms with Crippen molar-refractivity contribution >= 4 is 40.2 Å². The number of hydrogen-bond acceptors (Lipinski definition) is 5. The van der Waals surface area contributed by atoms with Gasteiger partial charge in [0.2, 0.25) is 0 Å². The van der Waals surface area contributed by atoms with E-state index in [2.05, 4.69) is 5.32 Å². The Bertz CT molecular complexity index is 1190. The topological polar surface area (TPSA) is 72.5 Å². The zero-order chi connectivity index (χ0) is 22.0. The number of fused-ring (bicyclic) bond motifs is 2. The van der Waals surface area contributed by atoms with E-state index in [1.165, 1.54) is 11.8 Å². The Morgan fingerprint density at radius 3 is 2.45 bits per heavy atom. The molecular weight excluding hydrogens is 410 g/mol. The number of thioether (sulfide) groups is 1. The van der Waals surface area contributed by atoms with Crippen LogP contribution < -0.4 is 5.32 Å². The van der Waals surface area contributed by atoms with Gasteiger partial charge >= 0.3 is 5.97 Å². The highest BCUT2D eigenvalue weighted by molar-refractivity contribution is 8.00. The fourth-order valence-corrected chi connectivity index (χ4v) is 4.52. The number of carbonyl (C=O) groups excluding carboxylic acids is 3. The molecule has 0 fully saturated rings. The summed E-state index contributed by atoms with van der Waals surface area (Å²) in [6.45, 7) is 4.26. The molecule has 3 aromatic carbocycles. The molecule has 0 radical (unpaired) electrons. The first-order chi connectivity index (χ1) is 15.0. The molecule has 1 N–H and O–H groups in total. The summed E-state index contributed by atoms with van der Waals surface area (Å²) in [5, 5.41) is 4.57. The molecule has 31 heavy (non-hydrogen) atoms. The van der Waals surface area contributed by atoms with Crippen molar-refractivity contribution in [2.24, 2.45) is 5.92 Å². The number of nitrogens with one attached hydrogen (secondary N) is 1. The zero-order valence-electron chi connectivity index (χ0n) is 17.4. The van der Waals surface area contributed by atoms with E-state index < -0.39 is 5.97 Å². The lowest BCUT2D eigenvalue weighted by Gasteiger charge is -2.21. The molecule has 0 saturated heterocycles. The lowest BCUT2D eigenvalue weighted by Crippen LogP contribution is -2.31. The van der Waals surface area contributed by atoms with Gasteiger partial charge < -0.3 is 10.1 Å². The van der Waals surface area contributed by atoms with E-state index in [0.717, 1.165) is 26.8 Å². The number of benzene rings is 3. The van der Waals surface area contributed by atoms with Crippen LogP contribution in [-0.2, 0) is 14.3 Å². The third-order valence-corrected chi connectivity index (χ3v) is 6.17. The molecule has 158 valence electrons. The summed E-state index contributed by atoms with van der Waals surface area (Å²) in [6, 6.07) is 17.3. The van der Waals surface area contributed by atoms with Crippen molar-refractivity contribution in [3.8, 4) is 11.1 Å². The number of esters is 1. The quantitative estimate of drug-likeness (QED) is 0.344. The van der Waals surface area contributed by atoms with E-state index in [9.17, 15) is 14.4 Å². The van der Waals surface area contributed by atoms with Gasteiger partial charge in [0.05, 0.1) is 5.75 Å². The molecular formula is C25H23NO4S.